The summed E-state index contributed by atoms with van der Waals surface area (Å²) in [6.07, 6.45) is 0. The smallest absolute Gasteiger partial charge is 0.161 e. The van der Waals surface area contributed by atoms with Gasteiger partial charge in [-0.2, -0.15) is 0 Å². The van der Waals surface area contributed by atoms with Gasteiger partial charge in [0.1, 0.15) is 0 Å². The third-order valence-corrected chi connectivity index (χ3v) is 3.47. The Balaban J connectivity index is 2.21. The molecule has 94 valence electrons. The van der Waals surface area contributed by atoms with Crippen molar-refractivity contribution in [1.29, 1.82) is 0 Å². The normalized spacial score (nSPS) is 10.1. The number of rotatable bonds is 4. The summed E-state index contributed by atoms with van der Waals surface area (Å²) in [6.45, 7) is 0. The fraction of sp³-hybridized carbons (Fsp3) is 0.143. The quantitative estimate of drug-likeness (QED) is 0.856. The first-order valence-corrected chi connectivity index (χ1v) is 6.30. The van der Waals surface area contributed by atoms with Crippen LogP contribution in [0.3, 0.4) is 0 Å². The van der Waals surface area contributed by atoms with E-state index in [9.17, 15) is 0 Å². The van der Waals surface area contributed by atoms with Crippen LogP contribution >= 0.6 is 11.8 Å². The van der Waals surface area contributed by atoms with Crippen molar-refractivity contribution in [3.05, 3.63) is 42.5 Å². The van der Waals surface area contributed by atoms with Crippen LogP contribution < -0.4 is 15.2 Å². The van der Waals surface area contributed by atoms with Gasteiger partial charge in [0.15, 0.2) is 11.5 Å². The number of hydrogen-bond donors (Lipinski definition) is 1. The summed E-state index contributed by atoms with van der Waals surface area (Å²) in [5.41, 5.74) is 6.43. The standard InChI is InChI=1S/C14H15NO2S/c1-16-13-8-7-12(9-14(13)17-2)18-11-5-3-10(15)4-6-11/h3-9H,15H2,1-2H3. The second kappa shape index (κ2) is 5.69. The van der Waals surface area contributed by atoms with E-state index in [1.54, 1.807) is 26.0 Å². The second-order valence-electron chi connectivity index (χ2n) is 3.69. The maximum atomic E-state index is 5.66. The minimum atomic E-state index is 0.734. The largest absolute Gasteiger partial charge is 0.493 e. The van der Waals surface area contributed by atoms with Crippen LogP contribution in [0.1, 0.15) is 0 Å². The number of nitrogen functional groups attached to an aromatic ring is 1. The highest BCUT2D eigenvalue weighted by molar-refractivity contribution is 7.99. The average Bonchev–Trinajstić information content (AvgIpc) is 2.41. The lowest BCUT2D eigenvalue weighted by atomic mass is 10.3. The summed E-state index contributed by atoms with van der Waals surface area (Å²) in [5, 5.41) is 0. The summed E-state index contributed by atoms with van der Waals surface area (Å²) in [4.78, 5) is 2.23. The van der Waals surface area contributed by atoms with Crippen LogP contribution in [0.25, 0.3) is 0 Å². The van der Waals surface area contributed by atoms with Gasteiger partial charge in [-0.25, -0.2) is 0 Å². The summed E-state index contributed by atoms with van der Waals surface area (Å²) in [6, 6.07) is 13.6. The van der Waals surface area contributed by atoms with Gasteiger partial charge in [-0.3, -0.25) is 0 Å². The molecule has 2 rings (SSSR count). The van der Waals surface area contributed by atoms with E-state index in [4.69, 9.17) is 15.2 Å². The molecule has 2 aromatic carbocycles. The third kappa shape index (κ3) is 2.90. The van der Waals surface area contributed by atoms with Crippen LogP contribution in [-0.4, -0.2) is 14.2 Å². The van der Waals surface area contributed by atoms with Gasteiger partial charge in [0.25, 0.3) is 0 Å². The molecule has 3 nitrogen and oxygen atoms in total. The second-order valence-corrected chi connectivity index (χ2v) is 4.83. The first-order chi connectivity index (χ1) is 8.72. The molecule has 4 heteroatoms. The lowest BCUT2D eigenvalue weighted by molar-refractivity contribution is 0.354. The van der Waals surface area contributed by atoms with Crippen LogP contribution in [0.15, 0.2) is 52.3 Å². The van der Waals surface area contributed by atoms with Crippen molar-refractivity contribution >= 4 is 17.4 Å². The molecule has 0 saturated heterocycles. The molecule has 0 bridgehead atoms. The average molecular weight is 261 g/mol. The van der Waals surface area contributed by atoms with Crippen molar-refractivity contribution in [2.75, 3.05) is 20.0 Å². The Labute approximate surface area is 111 Å². The van der Waals surface area contributed by atoms with Crippen LogP contribution in [0, 0.1) is 0 Å². The van der Waals surface area contributed by atoms with Crippen molar-refractivity contribution < 1.29 is 9.47 Å². The molecule has 2 aromatic rings. The number of hydrogen-bond acceptors (Lipinski definition) is 4. The Morgan fingerprint density at radius 3 is 2.06 bits per heavy atom. The molecule has 0 spiro atoms. The van der Waals surface area contributed by atoms with Crippen molar-refractivity contribution in [2.24, 2.45) is 0 Å². The van der Waals surface area contributed by atoms with Gasteiger partial charge in [0.2, 0.25) is 0 Å². The highest BCUT2D eigenvalue weighted by Crippen LogP contribution is 2.35. The zero-order chi connectivity index (χ0) is 13.0. The number of nitrogens with two attached hydrogens (primary N) is 1. The third-order valence-electron chi connectivity index (χ3n) is 2.47. The van der Waals surface area contributed by atoms with E-state index < -0.39 is 0 Å². The summed E-state index contributed by atoms with van der Waals surface area (Å²) in [7, 11) is 3.26. The fourth-order valence-electron chi connectivity index (χ4n) is 1.55. The molecule has 0 atom stereocenters. The van der Waals surface area contributed by atoms with Gasteiger partial charge in [0, 0.05) is 15.5 Å². The van der Waals surface area contributed by atoms with Gasteiger partial charge in [-0.15, -0.1) is 0 Å². The van der Waals surface area contributed by atoms with Gasteiger partial charge in [0.05, 0.1) is 14.2 Å². The molecule has 0 saturated carbocycles. The van der Waals surface area contributed by atoms with Gasteiger partial charge in [-0.1, -0.05) is 11.8 Å². The van der Waals surface area contributed by atoms with E-state index in [1.807, 2.05) is 42.5 Å². The number of ether oxygens (including phenoxy) is 2. The van der Waals surface area contributed by atoms with Gasteiger partial charge in [-0.05, 0) is 42.5 Å². The minimum absolute atomic E-state index is 0.734. The Hall–Kier alpha value is -1.81. The lowest BCUT2D eigenvalue weighted by Gasteiger charge is -2.09. The minimum Gasteiger partial charge on any atom is -0.493 e. The van der Waals surface area contributed by atoms with Gasteiger partial charge >= 0.3 is 0 Å². The van der Waals surface area contributed by atoms with Gasteiger partial charge < -0.3 is 15.2 Å². The highest BCUT2D eigenvalue weighted by Gasteiger charge is 2.05. The fourth-order valence-corrected chi connectivity index (χ4v) is 2.40. The first-order valence-electron chi connectivity index (χ1n) is 5.48. The molecule has 0 radical (unpaired) electrons. The molecular formula is C14H15NO2S. The summed E-state index contributed by atoms with van der Waals surface area (Å²) in [5.74, 6) is 1.47. The van der Waals surface area contributed by atoms with E-state index >= 15 is 0 Å². The number of methoxy groups -OCH3 is 2. The molecule has 0 aliphatic rings. The predicted octanol–water partition coefficient (Wildman–Crippen LogP) is 3.44. The predicted molar refractivity (Wildman–Crippen MR) is 74.5 cm³/mol. The molecule has 18 heavy (non-hydrogen) atoms. The Morgan fingerprint density at radius 1 is 0.833 bits per heavy atom. The lowest BCUT2D eigenvalue weighted by Crippen LogP contribution is -1.90. The highest BCUT2D eigenvalue weighted by atomic mass is 32.2. The van der Waals surface area contributed by atoms with Crippen molar-refractivity contribution in [2.45, 2.75) is 9.79 Å². The number of anilines is 1. The van der Waals surface area contributed by atoms with Crippen LogP contribution in [0.2, 0.25) is 0 Å². The van der Waals surface area contributed by atoms with E-state index in [1.165, 1.54) is 0 Å². The van der Waals surface area contributed by atoms with Crippen LogP contribution in [-0.2, 0) is 0 Å². The van der Waals surface area contributed by atoms with E-state index in [-0.39, 0.29) is 0 Å². The zero-order valence-electron chi connectivity index (χ0n) is 10.3. The van der Waals surface area contributed by atoms with Crippen molar-refractivity contribution in [3.63, 3.8) is 0 Å². The molecule has 0 aromatic heterocycles. The van der Waals surface area contributed by atoms with Crippen molar-refractivity contribution in [1.82, 2.24) is 0 Å². The van der Waals surface area contributed by atoms with E-state index in [0.29, 0.717) is 0 Å². The monoisotopic (exact) mass is 261 g/mol. The Kier molecular flexibility index (Phi) is 3.99. The Morgan fingerprint density at radius 2 is 1.44 bits per heavy atom. The molecule has 0 fully saturated rings. The molecular weight excluding hydrogens is 246 g/mol. The molecule has 0 aliphatic carbocycles. The number of benzene rings is 2. The summed E-state index contributed by atoms with van der Waals surface area (Å²) >= 11 is 1.65. The maximum Gasteiger partial charge on any atom is 0.161 e. The van der Waals surface area contributed by atoms with Crippen molar-refractivity contribution in [3.8, 4) is 11.5 Å². The van der Waals surface area contributed by atoms with Crippen LogP contribution in [0.5, 0.6) is 11.5 Å². The molecule has 0 unspecified atom stereocenters. The van der Waals surface area contributed by atoms with Crippen LogP contribution in [0.4, 0.5) is 5.69 Å². The Bertz CT molecular complexity index is 526. The molecule has 2 N–H and O–H groups in total. The zero-order valence-corrected chi connectivity index (χ0v) is 11.2. The maximum absolute atomic E-state index is 5.66. The first kappa shape index (κ1) is 12.6. The SMILES string of the molecule is COc1ccc(Sc2ccc(N)cc2)cc1OC. The van der Waals surface area contributed by atoms with E-state index in [0.717, 1.165) is 27.0 Å². The topological polar surface area (TPSA) is 44.5 Å². The molecule has 0 aliphatic heterocycles. The summed E-state index contributed by atoms with van der Waals surface area (Å²) < 4.78 is 10.5. The molecule has 0 heterocycles. The molecule has 0 amide bonds. The van der Waals surface area contributed by atoms with E-state index in [2.05, 4.69) is 0 Å².